The van der Waals surface area contributed by atoms with Crippen molar-refractivity contribution in [2.45, 2.75) is 13.0 Å². The number of aliphatic imine (C=N–C) groups is 2. The highest BCUT2D eigenvalue weighted by molar-refractivity contribution is 6.31. The van der Waals surface area contributed by atoms with Crippen molar-refractivity contribution in [2.24, 2.45) is 27.2 Å². The van der Waals surface area contributed by atoms with Gasteiger partial charge in [0.1, 0.15) is 0 Å². The van der Waals surface area contributed by atoms with Crippen molar-refractivity contribution in [3.63, 3.8) is 0 Å². The normalized spacial score (nSPS) is 12.5. The zero-order chi connectivity index (χ0) is 16.8. The fraction of sp³-hybridized carbons (Fsp3) is 0.125. The van der Waals surface area contributed by atoms with Crippen LogP contribution in [-0.4, -0.2) is 11.9 Å². The van der Waals surface area contributed by atoms with Crippen molar-refractivity contribution in [1.82, 2.24) is 0 Å². The minimum absolute atomic E-state index is 0.0392. The van der Waals surface area contributed by atoms with Crippen LogP contribution in [0.25, 0.3) is 0 Å². The molecule has 0 fully saturated rings. The summed E-state index contributed by atoms with van der Waals surface area (Å²) in [4.78, 5) is 7.92. The molecule has 1 unspecified atom stereocenters. The molecule has 0 heterocycles. The molecular weight excluding hydrogens is 312 g/mol. The first kappa shape index (κ1) is 16.6. The topological polar surface area (TPSA) is 115 Å². The Bertz CT molecular complexity index is 723. The number of anilines is 1. The Hall–Kier alpha value is -2.73. The Balaban J connectivity index is 2.30. The Morgan fingerprint density at radius 1 is 1.09 bits per heavy atom. The predicted molar refractivity (Wildman–Crippen MR) is 97.0 cm³/mol. The largest absolute Gasteiger partial charge is 0.377 e. The van der Waals surface area contributed by atoms with Gasteiger partial charge in [-0.15, -0.1) is 0 Å². The number of rotatable bonds is 4. The van der Waals surface area contributed by atoms with Crippen LogP contribution >= 0.6 is 11.6 Å². The van der Waals surface area contributed by atoms with E-state index >= 15 is 0 Å². The molecule has 0 spiro atoms. The quantitative estimate of drug-likeness (QED) is 0.509. The maximum absolute atomic E-state index is 6.04. The second-order valence-corrected chi connectivity index (χ2v) is 5.38. The maximum Gasteiger partial charge on any atom is 0.223 e. The zero-order valence-electron chi connectivity index (χ0n) is 12.7. The van der Waals surface area contributed by atoms with Crippen molar-refractivity contribution >= 4 is 34.9 Å². The van der Waals surface area contributed by atoms with E-state index in [1.165, 1.54) is 0 Å². The maximum atomic E-state index is 6.04. The van der Waals surface area contributed by atoms with Crippen LogP contribution in [0.5, 0.6) is 0 Å². The van der Waals surface area contributed by atoms with Crippen LogP contribution < -0.4 is 22.5 Å². The molecule has 23 heavy (non-hydrogen) atoms. The van der Waals surface area contributed by atoms with Crippen molar-refractivity contribution in [1.29, 1.82) is 0 Å². The number of hydrogen-bond acceptors (Lipinski definition) is 2. The first-order chi connectivity index (χ1) is 11.0. The van der Waals surface area contributed by atoms with Gasteiger partial charge in [0.2, 0.25) is 5.96 Å². The highest BCUT2D eigenvalue weighted by Crippen LogP contribution is 2.31. The monoisotopic (exact) mass is 330 g/mol. The van der Waals surface area contributed by atoms with Gasteiger partial charge in [-0.3, -0.25) is 0 Å². The van der Waals surface area contributed by atoms with Crippen LogP contribution in [0.3, 0.4) is 0 Å². The first-order valence-corrected chi connectivity index (χ1v) is 7.38. The molecule has 0 aromatic heterocycles. The van der Waals surface area contributed by atoms with Gasteiger partial charge in [-0.2, -0.15) is 4.99 Å². The molecule has 1 atom stereocenters. The van der Waals surface area contributed by atoms with Crippen LogP contribution in [0.2, 0.25) is 5.02 Å². The molecule has 0 bridgehead atoms. The summed E-state index contributed by atoms with van der Waals surface area (Å²) in [7, 11) is 0. The zero-order valence-corrected chi connectivity index (χ0v) is 13.5. The third-order valence-corrected chi connectivity index (χ3v) is 3.35. The highest BCUT2D eigenvalue weighted by Gasteiger charge is 2.09. The van der Waals surface area contributed by atoms with E-state index in [4.69, 9.17) is 28.8 Å². The van der Waals surface area contributed by atoms with Crippen LogP contribution in [0.1, 0.15) is 18.5 Å². The van der Waals surface area contributed by atoms with Gasteiger partial charge < -0.3 is 22.5 Å². The van der Waals surface area contributed by atoms with Crippen molar-refractivity contribution < 1.29 is 0 Å². The smallest absolute Gasteiger partial charge is 0.223 e. The Morgan fingerprint density at radius 2 is 1.78 bits per heavy atom. The molecule has 0 aliphatic carbocycles. The third kappa shape index (κ3) is 4.89. The van der Waals surface area contributed by atoms with E-state index in [0.717, 1.165) is 11.3 Å². The number of guanidine groups is 2. The van der Waals surface area contributed by atoms with Crippen LogP contribution in [0.15, 0.2) is 58.5 Å². The van der Waals surface area contributed by atoms with E-state index in [0.29, 0.717) is 10.7 Å². The average Bonchev–Trinajstić information content (AvgIpc) is 2.50. The van der Waals surface area contributed by atoms with Gasteiger partial charge in [-0.1, -0.05) is 41.9 Å². The molecule has 7 N–H and O–H groups in total. The SMILES string of the molecule is CC(Nc1ccc(Cl)cc1N=C(N)N=C(N)N)c1ccccc1. The molecule has 0 saturated carbocycles. The lowest BCUT2D eigenvalue weighted by molar-refractivity contribution is 0.885. The number of nitrogens with zero attached hydrogens (tertiary/aromatic N) is 2. The van der Waals surface area contributed by atoms with E-state index < -0.39 is 0 Å². The lowest BCUT2D eigenvalue weighted by Gasteiger charge is -2.17. The van der Waals surface area contributed by atoms with Gasteiger partial charge in [-0.05, 0) is 30.7 Å². The molecular formula is C16H19ClN6. The van der Waals surface area contributed by atoms with E-state index in [2.05, 4.69) is 22.2 Å². The summed E-state index contributed by atoms with van der Waals surface area (Å²) in [6.45, 7) is 2.05. The standard InChI is InChI=1S/C16H19ClN6/c1-10(11-5-3-2-4-6-11)21-13-8-7-12(17)9-14(13)22-16(20)23-15(18)19/h2-10,21H,1H3,(H6,18,19,20,22,23). The number of halogens is 1. The predicted octanol–water partition coefficient (Wildman–Crippen LogP) is 2.73. The van der Waals surface area contributed by atoms with E-state index in [1.807, 2.05) is 36.4 Å². The summed E-state index contributed by atoms with van der Waals surface area (Å²) in [6.07, 6.45) is 0. The van der Waals surface area contributed by atoms with Crippen molar-refractivity contribution in [2.75, 3.05) is 5.32 Å². The van der Waals surface area contributed by atoms with Gasteiger partial charge in [0.15, 0.2) is 5.96 Å². The van der Waals surface area contributed by atoms with E-state index in [-0.39, 0.29) is 18.0 Å². The average molecular weight is 331 g/mol. The molecule has 0 amide bonds. The van der Waals surface area contributed by atoms with Crippen molar-refractivity contribution in [3.05, 3.63) is 59.1 Å². The molecule has 0 saturated heterocycles. The van der Waals surface area contributed by atoms with Crippen LogP contribution in [0.4, 0.5) is 11.4 Å². The van der Waals surface area contributed by atoms with Gasteiger partial charge in [-0.25, -0.2) is 4.99 Å². The van der Waals surface area contributed by atoms with Gasteiger partial charge in [0, 0.05) is 11.1 Å². The van der Waals surface area contributed by atoms with Gasteiger partial charge >= 0.3 is 0 Å². The number of nitrogens with one attached hydrogen (secondary N) is 1. The summed E-state index contributed by atoms with van der Waals surface area (Å²) in [5, 5.41) is 3.92. The van der Waals surface area contributed by atoms with Crippen LogP contribution in [0, 0.1) is 0 Å². The Kier molecular flexibility index (Phi) is 5.43. The molecule has 6 nitrogen and oxygen atoms in total. The fourth-order valence-corrected chi connectivity index (χ4v) is 2.22. The number of nitrogens with two attached hydrogens (primary N) is 3. The van der Waals surface area contributed by atoms with Crippen molar-refractivity contribution in [3.8, 4) is 0 Å². The minimum atomic E-state index is -0.152. The molecule has 0 aliphatic heterocycles. The lowest BCUT2D eigenvalue weighted by Crippen LogP contribution is -2.26. The summed E-state index contributed by atoms with van der Waals surface area (Å²) < 4.78 is 0. The van der Waals surface area contributed by atoms with E-state index in [9.17, 15) is 0 Å². The Morgan fingerprint density at radius 3 is 2.43 bits per heavy atom. The van der Waals surface area contributed by atoms with Gasteiger partial charge in [0.05, 0.1) is 11.4 Å². The molecule has 7 heteroatoms. The molecule has 0 aliphatic rings. The second kappa shape index (κ2) is 7.51. The summed E-state index contributed by atoms with van der Waals surface area (Å²) >= 11 is 6.04. The lowest BCUT2D eigenvalue weighted by atomic mass is 10.1. The number of benzene rings is 2. The van der Waals surface area contributed by atoms with E-state index in [1.54, 1.807) is 12.1 Å². The summed E-state index contributed by atoms with van der Waals surface area (Å²) in [5.74, 6) is -0.192. The highest BCUT2D eigenvalue weighted by atomic mass is 35.5. The summed E-state index contributed by atoms with van der Waals surface area (Å²) in [5.41, 5.74) is 18.8. The van der Waals surface area contributed by atoms with Gasteiger partial charge in [0.25, 0.3) is 0 Å². The number of hydrogen-bond donors (Lipinski definition) is 4. The molecule has 2 aromatic rings. The molecule has 2 rings (SSSR count). The molecule has 0 radical (unpaired) electrons. The second-order valence-electron chi connectivity index (χ2n) is 4.94. The Labute approximate surface area is 140 Å². The third-order valence-electron chi connectivity index (χ3n) is 3.11. The molecule has 120 valence electrons. The summed E-state index contributed by atoms with van der Waals surface area (Å²) in [6, 6.07) is 15.4. The first-order valence-electron chi connectivity index (χ1n) is 7.00. The molecule has 2 aromatic carbocycles. The fourth-order valence-electron chi connectivity index (χ4n) is 2.06. The van der Waals surface area contributed by atoms with Crippen LogP contribution in [-0.2, 0) is 0 Å². The minimum Gasteiger partial charge on any atom is -0.377 e.